The number of para-hydroxylation sites is 1. The summed E-state index contributed by atoms with van der Waals surface area (Å²) in [6.07, 6.45) is 3.59. The molecule has 1 aromatic heterocycles. The standard InChI is InChI=1S/C21H22N4O3/c1-15-14-17(10-11-18(15)23-12-6-3-7-13-23)25-20(27)22-19(26)24(21(25)28)16-8-4-2-5-9-16/h2,4-5,8-11,14H,3,6-7,12-13H2,1H3,(H,22,26,27). The summed E-state index contributed by atoms with van der Waals surface area (Å²) in [7, 11) is 0. The molecule has 28 heavy (non-hydrogen) atoms. The number of rotatable bonds is 3. The zero-order valence-electron chi connectivity index (χ0n) is 15.7. The zero-order chi connectivity index (χ0) is 19.7. The molecule has 1 N–H and O–H groups in total. The molecule has 0 spiro atoms. The van der Waals surface area contributed by atoms with Gasteiger partial charge in [-0.2, -0.15) is 0 Å². The highest BCUT2D eigenvalue weighted by Crippen LogP contribution is 2.25. The molecular formula is C21H22N4O3. The van der Waals surface area contributed by atoms with Crippen molar-refractivity contribution in [2.24, 2.45) is 0 Å². The Hall–Kier alpha value is -3.35. The predicted molar refractivity (Wildman–Crippen MR) is 109 cm³/mol. The Morgan fingerprint density at radius 2 is 1.43 bits per heavy atom. The highest BCUT2D eigenvalue weighted by atomic mass is 16.2. The van der Waals surface area contributed by atoms with Gasteiger partial charge in [0.2, 0.25) is 0 Å². The molecule has 0 atom stereocenters. The molecule has 4 rings (SSSR count). The Balaban J connectivity index is 1.84. The van der Waals surface area contributed by atoms with Gasteiger partial charge in [-0.1, -0.05) is 18.2 Å². The molecular weight excluding hydrogens is 356 g/mol. The molecule has 0 radical (unpaired) electrons. The number of nitrogens with zero attached hydrogens (tertiary/aromatic N) is 3. The minimum absolute atomic E-state index is 0.407. The molecule has 7 heteroatoms. The second kappa shape index (κ2) is 7.34. The van der Waals surface area contributed by atoms with E-state index in [-0.39, 0.29) is 0 Å². The molecule has 2 aromatic carbocycles. The van der Waals surface area contributed by atoms with Crippen LogP contribution in [0.25, 0.3) is 11.4 Å². The topological polar surface area (TPSA) is 80.1 Å². The van der Waals surface area contributed by atoms with Crippen LogP contribution in [0.15, 0.2) is 62.9 Å². The number of hydrogen-bond donors (Lipinski definition) is 1. The fraction of sp³-hybridized carbons (Fsp3) is 0.286. The smallest absolute Gasteiger partial charge is 0.345 e. The number of aromatic amines is 1. The lowest BCUT2D eigenvalue weighted by molar-refractivity contribution is 0.577. The summed E-state index contributed by atoms with van der Waals surface area (Å²) in [5.41, 5.74) is 0.766. The van der Waals surface area contributed by atoms with E-state index in [1.807, 2.05) is 19.1 Å². The molecule has 0 aliphatic carbocycles. The summed E-state index contributed by atoms with van der Waals surface area (Å²) in [4.78, 5) is 42.3. The number of hydrogen-bond acceptors (Lipinski definition) is 4. The van der Waals surface area contributed by atoms with Crippen LogP contribution in [0.1, 0.15) is 24.8 Å². The highest BCUT2D eigenvalue weighted by Gasteiger charge is 2.16. The summed E-state index contributed by atoms with van der Waals surface area (Å²) in [5.74, 6) is 0. The van der Waals surface area contributed by atoms with Crippen molar-refractivity contribution >= 4 is 5.69 Å². The molecule has 0 amide bonds. The maximum Gasteiger partial charge on any atom is 0.345 e. The lowest BCUT2D eigenvalue weighted by Gasteiger charge is -2.30. The zero-order valence-corrected chi connectivity index (χ0v) is 15.7. The van der Waals surface area contributed by atoms with Gasteiger partial charge in [0, 0.05) is 18.8 Å². The lowest BCUT2D eigenvalue weighted by Crippen LogP contribution is -2.48. The summed E-state index contributed by atoms with van der Waals surface area (Å²) < 4.78 is 1.97. The average molecular weight is 378 g/mol. The Morgan fingerprint density at radius 3 is 2.07 bits per heavy atom. The molecule has 1 saturated heterocycles. The monoisotopic (exact) mass is 378 g/mol. The average Bonchev–Trinajstić information content (AvgIpc) is 2.69. The molecule has 1 aliphatic rings. The molecule has 0 unspecified atom stereocenters. The molecule has 2 heterocycles. The second-order valence-electron chi connectivity index (χ2n) is 7.04. The van der Waals surface area contributed by atoms with Gasteiger partial charge in [0.15, 0.2) is 0 Å². The van der Waals surface area contributed by atoms with Crippen molar-refractivity contribution < 1.29 is 0 Å². The van der Waals surface area contributed by atoms with Gasteiger partial charge in [-0.05, 0) is 62.1 Å². The third kappa shape index (κ3) is 3.19. The van der Waals surface area contributed by atoms with Gasteiger partial charge in [-0.15, -0.1) is 0 Å². The van der Waals surface area contributed by atoms with Crippen molar-refractivity contribution in [1.29, 1.82) is 0 Å². The van der Waals surface area contributed by atoms with E-state index >= 15 is 0 Å². The van der Waals surface area contributed by atoms with Crippen LogP contribution >= 0.6 is 0 Å². The number of aromatic nitrogens is 3. The summed E-state index contributed by atoms with van der Waals surface area (Å²) >= 11 is 0. The molecule has 1 fully saturated rings. The second-order valence-corrected chi connectivity index (χ2v) is 7.04. The van der Waals surface area contributed by atoms with E-state index in [0.717, 1.165) is 33.5 Å². The third-order valence-corrected chi connectivity index (χ3v) is 5.15. The van der Waals surface area contributed by atoms with E-state index in [2.05, 4.69) is 9.88 Å². The lowest BCUT2D eigenvalue weighted by atomic mass is 10.1. The normalized spacial score (nSPS) is 14.2. The number of piperidine rings is 1. The molecule has 0 saturated carbocycles. The van der Waals surface area contributed by atoms with E-state index in [1.54, 1.807) is 36.4 Å². The quantitative estimate of drug-likeness (QED) is 0.756. The van der Waals surface area contributed by atoms with Crippen molar-refractivity contribution in [3.05, 3.63) is 85.5 Å². The van der Waals surface area contributed by atoms with E-state index < -0.39 is 17.1 Å². The third-order valence-electron chi connectivity index (χ3n) is 5.15. The molecule has 3 aromatic rings. The van der Waals surface area contributed by atoms with Crippen molar-refractivity contribution in [3.8, 4) is 11.4 Å². The van der Waals surface area contributed by atoms with Crippen molar-refractivity contribution in [1.82, 2.24) is 14.1 Å². The van der Waals surface area contributed by atoms with Gasteiger partial charge in [-0.3, -0.25) is 4.98 Å². The number of H-pyrrole nitrogens is 1. The van der Waals surface area contributed by atoms with Crippen LogP contribution in [-0.4, -0.2) is 27.2 Å². The Labute approximate surface area is 161 Å². The van der Waals surface area contributed by atoms with Crippen molar-refractivity contribution in [3.63, 3.8) is 0 Å². The van der Waals surface area contributed by atoms with Crippen molar-refractivity contribution in [2.75, 3.05) is 18.0 Å². The molecule has 0 bridgehead atoms. The number of benzene rings is 2. The van der Waals surface area contributed by atoms with Gasteiger partial charge in [0.05, 0.1) is 11.4 Å². The summed E-state index contributed by atoms with van der Waals surface area (Å²) in [5, 5.41) is 0. The van der Waals surface area contributed by atoms with Crippen LogP contribution < -0.4 is 22.0 Å². The van der Waals surface area contributed by atoms with Crippen LogP contribution in [0.2, 0.25) is 0 Å². The van der Waals surface area contributed by atoms with Crippen LogP contribution in [0.5, 0.6) is 0 Å². The van der Waals surface area contributed by atoms with E-state index in [9.17, 15) is 14.4 Å². The Bertz CT molecular complexity index is 1170. The van der Waals surface area contributed by atoms with Gasteiger partial charge < -0.3 is 4.90 Å². The fourth-order valence-electron chi connectivity index (χ4n) is 3.78. The largest absolute Gasteiger partial charge is 0.371 e. The first kappa shape index (κ1) is 18.0. The summed E-state index contributed by atoms with van der Waals surface area (Å²) in [6, 6.07) is 14.1. The first-order valence-corrected chi connectivity index (χ1v) is 9.46. The maximum absolute atomic E-state index is 13.0. The molecule has 1 aliphatic heterocycles. The SMILES string of the molecule is Cc1cc(-n2c(=O)[nH]c(=O)n(-c3ccccc3)c2=O)ccc1N1CCCCC1. The Kier molecular flexibility index (Phi) is 4.73. The van der Waals surface area contributed by atoms with Crippen LogP contribution in [0, 0.1) is 6.92 Å². The van der Waals surface area contributed by atoms with Gasteiger partial charge >= 0.3 is 17.1 Å². The summed E-state index contributed by atoms with van der Waals surface area (Å²) in [6.45, 7) is 4.00. The minimum Gasteiger partial charge on any atom is -0.371 e. The van der Waals surface area contributed by atoms with Gasteiger partial charge in [0.25, 0.3) is 0 Å². The van der Waals surface area contributed by atoms with E-state index in [0.29, 0.717) is 11.4 Å². The maximum atomic E-state index is 13.0. The van der Waals surface area contributed by atoms with E-state index in [4.69, 9.17) is 0 Å². The molecule has 144 valence electrons. The molecule has 7 nitrogen and oxygen atoms in total. The van der Waals surface area contributed by atoms with Crippen LogP contribution in [0.3, 0.4) is 0 Å². The van der Waals surface area contributed by atoms with Crippen molar-refractivity contribution in [2.45, 2.75) is 26.2 Å². The fourth-order valence-corrected chi connectivity index (χ4v) is 3.78. The first-order valence-electron chi connectivity index (χ1n) is 9.46. The number of aryl methyl sites for hydroxylation is 1. The number of anilines is 1. The minimum atomic E-state index is -0.751. The van der Waals surface area contributed by atoms with E-state index in [1.165, 1.54) is 19.3 Å². The Morgan fingerprint density at radius 1 is 0.786 bits per heavy atom. The van der Waals surface area contributed by atoms with Gasteiger partial charge in [-0.25, -0.2) is 23.5 Å². The number of nitrogens with one attached hydrogen (secondary N) is 1. The highest BCUT2D eigenvalue weighted by molar-refractivity contribution is 5.57. The van der Waals surface area contributed by atoms with Crippen LogP contribution in [-0.2, 0) is 0 Å². The first-order chi connectivity index (χ1) is 13.6. The van der Waals surface area contributed by atoms with Crippen LogP contribution in [0.4, 0.5) is 5.69 Å². The predicted octanol–water partition coefficient (Wildman–Crippen LogP) is 1.98. The van der Waals surface area contributed by atoms with Gasteiger partial charge in [0.1, 0.15) is 0 Å².